The number of carbonyl (C=O) groups is 1. The van der Waals surface area contributed by atoms with Crippen molar-refractivity contribution in [3.63, 3.8) is 0 Å². The van der Waals surface area contributed by atoms with Crippen LogP contribution in [0, 0.1) is 6.92 Å². The van der Waals surface area contributed by atoms with Crippen LogP contribution in [0.1, 0.15) is 23.9 Å². The molecular formula is C14H17N3OS. The van der Waals surface area contributed by atoms with Crippen LogP contribution in [-0.2, 0) is 11.2 Å². The lowest BCUT2D eigenvalue weighted by Gasteiger charge is -2.01. The Labute approximate surface area is 116 Å². The first-order chi connectivity index (χ1) is 9.20. The lowest BCUT2D eigenvalue weighted by molar-refractivity contribution is -0.120. The molecule has 0 aliphatic heterocycles. The number of hydrogen-bond donors (Lipinski definition) is 1. The zero-order valence-corrected chi connectivity index (χ0v) is 12.0. The molecule has 0 aromatic carbocycles. The molecule has 0 bridgehead atoms. The zero-order chi connectivity index (χ0) is 13.7. The number of pyridine rings is 1. The number of aromatic nitrogens is 2. The van der Waals surface area contributed by atoms with Crippen molar-refractivity contribution in [1.29, 1.82) is 0 Å². The summed E-state index contributed by atoms with van der Waals surface area (Å²) in [6.07, 6.45) is 3.10. The normalized spacial score (nSPS) is 10.4. The molecule has 1 amide bonds. The highest BCUT2D eigenvalue weighted by Crippen LogP contribution is 2.26. The Morgan fingerprint density at radius 1 is 1.42 bits per heavy atom. The van der Waals surface area contributed by atoms with Crippen molar-refractivity contribution < 1.29 is 4.79 Å². The first kappa shape index (κ1) is 13.7. The number of carbonyl (C=O) groups excluding carboxylic acids is 1. The van der Waals surface area contributed by atoms with Gasteiger partial charge in [-0.15, -0.1) is 11.3 Å². The van der Waals surface area contributed by atoms with Crippen molar-refractivity contribution in [1.82, 2.24) is 15.3 Å². The third-order valence-electron chi connectivity index (χ3n) is 2.67. The SMILES string of the molecule is CCCNC(=O)Cc1sc(-c2ccccn2)nc1C. The predicted octanol–water partition coefficient (Wildman–Crippen LogP) is 2.58. The van der Waals surface area contributed by atoms with Crippen molar-refractivity contribution in [2.75, 3.05) is 6.54 Å². The molecule has 2 aromatic rings. The molecular weight excluding hydrogens is 258 g/mol. The standard InChI is InChI=1S/C14H17N3OS/c1-3-7-16-13(18)9-12-10(2)17-14(19-12)11-6-4-5-8-15-11/h4-6,8H,3,7,9H2,1-2H3,(H,16,18). The molecule has 0 saturated carbocycles. The minimum absolute atomic E-state index is 0.0566. The maximum atomic E-state index is 11.7. The van der Waals surface area contributed by atoms with E-state index in [9.17, 15) is 4.79 Å². The van der Waals surface area contributed by atoms with Crippen LogP contribution in [0.5, 0.6) is 0 Å². The molecule has 0 atom stereocenters. The lowest BCUT2D eigenvalue weighted by Crippen LogP contribution is -2.25. The molecule has 0 spiro atoms. The largest absolute Gasteiger partial charge is 0.356 e. The number of nitrogens with zero attached hydrogens (tertiary/aromatic N) is 2. The summed E-state index contributed by atoms with van der Waals surface area (Å²) in [6.45, 7) is 4.70. The minimum atomic E-state index is 0.0566. The van der Waals surface area contributed by atoms with Crippen molar-refractivity contribution >= 4 is 17.2 Å². The van der Waals surface area contributed by atoms with Gasteiger partial charge in [0.2, 0.25) is 5.91 Å². The van der Waals surface area contributed by atoms with Gasteiger partial charge in [0.05, 0.1) is 17.8 Å². The van der Waals surface area contributed by atoms with E-state index in [0.717, 1.165) is 34.2 Å². The number of rotatable bonds is 5. The summed E-state index contributed by atoms with van der Waals surface area (Å²) in [5.74, 6) is 0.0566. The Bertz CT molecular complexity index is 551. The molecule has 0 unspecified atom stereocenters. The predicted molar refractivity (Wildman–Crippen MR) is 77.1 cm³/mol. The third-order valence-corrected chi connectivity index (χ3v) is 3.85. The number of hydrogen-bond acceptors (Lipinski definition) is 4. The van der Waals surface area contributed by atoms with Crippen LogP contribution in [0.3, 0.4) is 0 Å². The van der Waals surface area contributed by atoms with Crippen LogP contribution < -0.4 is 5.32 Å². The number of thiazole rings is 1. The van der Waals surface area contributed by atoms with Crippen molar-refractivity contribution in [2.24, 2.45) is 0 Å². The molecule has 2 rings (SSSR count). The van der Waals surface area contributed by atoms with E-state index in [1.807, 2.05) is 32.0 Å². The van der Waals surface area contributed by atoms with E-state index in [4.69, 9.17) is 0 Å². The van der Waals surface area contributed by atoms with Crippen LogP contribution in [0.4, 0.5) is 0 Å². The highest BCUT2D eigenvalue weighted by atomic mass is 32.1. The van der Waals surface area contributed by atoms with Gasteiger partial charge in [0.25, 0.3) is 0 Å². The monoisotopic (exact) mass is 275 g/mol. The molecule has 0 radical (unpaired) electrons. The highest BCUT2D eigenvalue weighted by Gasteiger charge is 2.13. The van der Waals surface area contributed by atoms with Crippen molar-refractivity contribution in [2.45, 2.75) is 26.7 Å². The molecule has 5 heteroatoms. The van der Waals surface area contributed by atoms with Crippen LogP contribution in [0.25, 0.3) is 10.7 Å². The topological polar surface area (TPSA) is 54.9 Å². The van der Waals surface area contributed by atoms with Gasteiger partial charge in [0.1, 0.15) is 5.01 Å². The minimum Gasteiger partial charge on any atom is -0.356 e. The van der Waals surface area contributed by atoms with E-state index < -0.39 is 0 Å². The highest BCUT2D eigenvalue weighted by molar-refractivity contribution is 7.15. The van der Waals surface area contributed by atoms with Gasteiger partial charge in [-0.05, 0) is 25.5 Å². The summed E-state index contributed by atoms with van der Waals surface area (Å²) in [5, 5.41) is 3.75. The molecule has 0 aliphatic rings. The second-order valence-corrected chi connectivity index (χ2v) is 5.35. The van der Waals surface area contributed by atoms with Gasteiger partial charge in [-0.2, -0.15) is 0 Å². The number of amides is 1. The molecule has 4 nitrogen and oxygen atoms in total. The Hall–Kier alpha value is -1.75. The molecule has 100 valence electrons. The molecule has 2 aromatic heterocycles. The fraction of sp³-hybridized carbons (Fsp3) is 0.357. The fourth-order valence-corrected chi connectivity index (χ4v) is 2.70. The molecule has 2 heterocycles. The Kier molecular flexibility index (Phi) is 4.63. The summed E-state index contributed by atoms with van der Waals surface area (Å²) in [4.78, 5) is 21.5. The molecule has 1 N–H and O–H groups in total. The molecule has 0 aliphatic carbocycles. The van der Waals surface area contributed by atoms with Gasteiger partial charge in [-0.1, -0.05) is 13.0 Å². The Balaban J connectivity index is 2.11. The summed E-state index contributed by atoms with van der Waals surface area (Å²) >= 11 is 1.54. The Morgan fingerprint density at radius 3 is 2.95 bits per heavy atom. The van der Waals surface area contributed by atoms with E-state index >= 15 is 0 Å². The summed E-state index contributed by atoms with van der Waals surface area (Å²) in [5.41, 5.74) is 1.77. The van der Waals surface area contributed by atoms with Crippen LogP contribution >= 0.6 is 11.3 Å². The number of aryl methyl sites for hydroxylation is 1. The maximum Gasteiger partial charge on any atom is 0.225 e. The number of nitrogens with one attached hydrogen (secondary N) is 1. The van der Waals surface area contributed by atoms with E-state index in [-0.39, 0.29) is 5.91 Å². The first-order valence-electron chi connectivity index (χ1n) is 6.35. The van der Waals surface area contributed by atoms with Gasteiger partial charge in [-0.3, -0.25) is 9.78 Å². The second-order valence-electron chi connectivity index (χ2n) is 4.27. The molecule has 19 heavy (non-hydrogen) atoms. The quantitative estimate of drug-likeness (QED) is 0.912. The average molecular weight is 275 g/mol. The van der Waals surface area contributed by atoms with Gasteiger partial charge >= 0.3 is 0 Å². The summed E-state index contributed by atoms with van der Waals surface area (Å²) < 4.78 is 0. The van der Waals surface area contributed by atoms with Crippen molar-refractivity contribution in [3.8, 4) is 10.7 Å². The van der Waals surface area contributed by atoms with Gasteiger partial charge in [-0.25, -0.2) is 4.98 Å². The maximum absolute atomic E-state index is 11.7. The smallest absolute Gasteiger partial charge is 0.225 e. The average Bonchev–Trinajstić information content (AvgIpc) is 2.79. The summed E-state index contributed by atoms with van der Waals surface area (Å²) in [6, 6.07) is 5.75. The molecule has 0 saturated heterocycles. The third kappa shape index (κ3) is 3.61. The zero-order valence-electron chi connectivity index (χ0n) is 11.1. The van der Waals surface area contributed by atoms with E-state index in [1.165, 1.54) is 11.3 Å². The Morgan fingerprint density at radius 2 is 2.26 bits per heavy atom. The van der Waals surface area contributed by atoms with Gasteiger partial charge in [0.15, 0.2) is 0 Å². The second kappa shape index (κ2) is 6.43. The molecule has 0 fully saturated rings. The van der Waals surface area contributed by atoms with Gasteiger partial charge in [0, 0.05) is 17.6 Å². The van der Waals surface area contributed by atoms with E-state index in [1.54, 1.807) is 6.20 Å². The van der Waals surface area contributed by atoms with Crippen LogP contribution in [0.15, 0.2) is 24.4 Å². The van der Waals surface area contributed by atoms with Gasteiger partial charge < -0.3 is 5.32 Å². The lowest BCUT2D eigenvalue weighted by atomic mass is 10.3. The van der Waals surface area contributed by atoms with E-state index in [0.29, 0.717) is 6.42 Å². The van der Waals surface area contributed by atoms with E-state index in [2.05, 4.69) is 15.3 Å². The first-order valence-corrected chi connectivity index (χ1v) is 7.16. The summed E-state index contributed by atoms with van der Waals surface area (Å²) in [7, 11) is 0. The van der Waals surface area contributed by atoms with Crippen LogP contribution in [-0.4, -0.2) is 22.4 Å². The fourth-order valence-electron chi connectivity index (χ4n) is 1.66. The van der Waals surface area contributed by atoms with Crippen molar-refractivity contribution in [3.05, 3.63) is 35.0 Å². The van der Waals surface area contributed by atoms with Crippen LogP contribution in [0.2, 0.25) is 0 Å².